The largest absolute Gasteiger partial charge is 0.507 e. The molecule has 1 heterocycles. The number of para-hydroxylation sites is 1. The van der Waals surface area contributed by atoms with Crippen LogP contribution in [0.1, 0.15) is 20.7 Å². The number of phenols is 1. The predicted octanol–water partition coefficient (Wildman–Crippen LogP) is 3.35. The van der Waals surface area contributed by atoms with E-state index in [1.165, 1.54) is 40.1 Å². The molecule has 2 aromatic rings. The number of phenolic OH excluding ortho intramolecular Hbond substituents is 1. The summed E-state index contributed by atoms with van der Waals surface area (Å²) in [5, 5.41) is 9.92. The predicted molar refractivity (Wildman–Crippen MR) is 101 cm³/mol. The van der Waals surface area contributed by atoms with E-state index in [2.05, 4.69) is 20.7 Å². The lowest BCUT2D eigenvalue weighted by atomic mass is 10.1. The molecular formula is C19H17BrF2N2O4. The molecule has 28 heavy (non-hydrogen) atoms. The lowest BCUT2D eigenvalue weighted by molar-refractivity contribution is -0.0503. The minimum absolute atomic E-state index is 0.0483. The molecule has 1 aliphatic heterocycles. The molecule has 0 aliphatic carbocycles. The number of ether oxygens (including phenoxy) is 1. The van der Waals surface area contributed by atoms with Crippen molar-refractivity contribution < 1.29 is 28.2 Å². The quantitative estimate of drug-likeness (QED) is 0.768. The molecule has 0 radical (unpaired) electrons. The molecule has 2 aromatic carbocycles. The maximum absolute atomic E-state index is 12.7. The highest BCUT2D eigenvalue weighted by molar-refractivity contribution is 9.10. The second-order valence-corrected chi connectivity index (χ2v) is 7.04. The zero-order chi connectivity index (χ0) is 20.3. The molecule has 1 N–H and O–H groups in total. The molecule has 9 heteroatoms. The summed E-state index contributed by atoms with van der Waals surface area (Å²) < 4.78 is 30.2. The van der Waals surface area contributed by atoms with E-state index in [4.69, 9.17) is 0 Å². The topological polar surface area (TPSA) is 70.1 Å². The first kappa shape index (κ1) is 20.1. The Labute approximate surface area is 168 Å². The average Bonchev–Trinajstić information content (AvgIpc) is 2.69. The third-order valence-corrected chi connectivity index (χ3v) is 4.87. The van der Waals surface area contributed by atoms with Gasteiger partial charge < -0.3 is 19.6 Å². The van der Waals surface area contributed by atoms with Gasteiger partial charge in [0, 0.05) is 30.7 Å². The molecule has 2 amide bonds. The van der Waals surface area contributed by atoms with Gasteiger partial charge in [-0.2, -0.15) is 8.78 Å². The van der Waals surface area contributed by atoms with Crippen LogP contribution in [-0.4, -0.2) is 59.5 Å². The lowest BCUT2D eigenvalue weighted by Gasteiger charge is -2.35. The summed E-state index contributed by atoms with van der Waals surface area (Å²) >= 11 is 3.27. The van der Waals surface area contributed by atoms with E-state index in [9.17, 15) is 23.5 Å². The molecule has 0 aromatic heterocycles. The Morgan fingerprint density at radius 3 is 2.14 bits per heavy atom. The summed E-state index contributed by atoms with van der Waals surface area (Å²) in [4.78, 5) is 28.4. The molecule has 0 spiro atoms. The Hall–Kier alpha value is -2.68. The summed E-state index contributed by atoms with van der Waals surface area (Å²) in [5.41, 5.74) is 0.219. The van der Waals surface area contributed by atoms with Gasteiger partial charge in [-0.3, -0.25) is 9.59 Å². The Bertz CT molecular complexity index is 886. The minimum atomic E-state index is -3.03. The summed E-state index contributed by atoms with van der Waals surface area (Å²) in [6, 6.07) is 10.4. The summed E-state index contributed by atoms with van der Waals surface area (Å²) in [7, 11) is 0. The van der Waals surface area contributed by atoms with Gasteiger partial charge in [0.2, 0.25) is 0 Å². The van der Waals surface area contributed by atoms with Crippen LogP contribution in [0, 0.1) is 0 Å². The number of amides is 2. The number of hydrogen-bond donors (Lipinski definition) is 1. The van der Waals surface area contributed by atoms with Crippen LogP contribution in [0.4, 0.5) is 8.78 Å². The number of nitrogens with zero attached hydrogens (tertiary/aromatic N) is 2. The van der Waals surface area contributed by atoms with E-state index < -0.39 is 12.5 Å². The highest BCUT2D eigenvalue weighted by Crippen LogP contribution is 2.25. The van der Waals surface area contributed by atoms with Crippen LogP contribution in [0.5, 0.6) is 11.5 Å². The van der Waals surface area contributed by atoms with Crippen molar-refractivity contribution in [1.82, 2.24) is 9.80 Å². The number of benzene rings is 2. The normalized spacial score (nSPS) is 14.3. The first-order chi connectivity index (χ1) is 13.4. The molecule has 3 rings (SSSR count). The summed E-state index contributed by atoms with van der Waals surface area (Å²) in [6.07, 6.45) is 0. The Morgan fingerprint density at radius 1 is 0.964 bits per heavy atom. The molecule has 0 atom stereocenters. The van der Waals surface area contributed by atoms with Crippen molar-refractivity contribution in [3.05, 3.63) is 58.1 Å². The van der Waals surface area contributed by atoms with Gasteiger partial charge in [0.15, 0.2) is 0 Å². The van der Waals surface area contributed by atoms with E-state index in [0.29, 0.717) is 4.47 Å². The van der Waals surface area contributed by atoms with Crippen LogP contribution >= 0.6 is 15.9 Å². The van der Waals surface area contributed by atoms with Crippen LogP contribution < -0.4 is 4.74 Å². The fourth-order valence-electron chi connectivity index (χ4n) is 2.97. The van der Waals surface area contributed by atoms with Gasteiger partial charge in [0.1, 0.15) is 11.5 Å². The fourth-order valence-corrected chi connectivity index (χ4v) is 3.34. The second-order valence-electron chi connectivity index (χ2n) is 6.12. The van der Waals surface area contributed by atoms with Crippen molar-refractivity contribution in [1.29, 1.82) is 0 Å². The molecule has 1 fully saturated rings. The highest BCUT2D eigenvalue weighted by Gasteiger charge is 2.28. The first-order valence-electron chi connectivity index (χ1n) is 8.47. The van der Waals surface area contributed by atoms with Crippen LogP contribution in [0.3, 0.4) is 0 Å². The van der Waals surface area contributed by atoms with Crippen molar-refractivity contribution in [3.8, 4) is 11.5 Å². The van der Waals surface area contributed by atoms with Crippen molar-refractivity contribution in [2.45, 2.75) is 6.61 Å². The van der Waals surface area contributed by atoms with E-state index in [-0.39, 0.29) is 54.7 Å². The Balaban J connectivity index is 1.68. The standard InChI is InChI=1S/C19H17BrF2N2O4/c20-12-5-6-15(25)14(11-12)18(27)24-9-7-23(8-10-24)17(26)13-3-1-2-4-16(13)28-19(21)22/h1-6,11,19,25H,7-10H2. The van der Waals surface area contributed by atoms with Gasteiger partial charge in [-0.25, -0.2) is 0 Å². The number of carbonyl (C=O) groups excluding carboxylic acids is 2. The average molecular weight is 455 g/mol. The molecule has 0 saturated carbocycles. The zero-order valence-electron chi connectivity index (χ0n) is 14.6. The molecular weight excluding hydrogens is 438 g/mol. The number of piperazine rings is 1. The van der Waals surface area contributed by atoms with Gasteiger partial charge in [0.25, 0.3) is 11.8 Å². The second kappa shape index (κ2) is 8.55. The van der Waals surface area contributed by atoms with Crippen molar-refractivity contribution in [2.75, 3.05) is 26.2 Å². The van der Waals surface area contributed by atoms with Crippen LogP contribution in [0.15, 0.2) is 46.9 Å². The zero-order valence-corrected chi connectivity index (χ0v) is 16.2. The number of aromatic hydroxyl groups is 1. The van der Waals surface area contributed by atoms with Crippen molar-refractivity contribution >= 4 is 27.7 Å². The molecule has 148 valence electrons. The third-order valence-electron chi connectivity index (χ3n) is 4.38. The molecule has 0 bridgehead atoms. The first-order valence-corrected chi connectivity index (χ1v) is 9.27. The van der Waals surface area contributed by atoms with Gasteiger partial charge in [0.05, 0.1) is 11.1 Å². The maximum atomic E-state index is 12.7. The Morgan fingerprint density at radius 2 is 1.54 bits per heavy atom. The van der Waals surface area contributed by atoms with E-state index in [1.807, 2.05) is 0 Å². The molecule has 0 unspecified atom stereocenters. The Kier molecular flexibility index (Phi) is 6.13. The smallest absolute Gasteiger partial charge is 0.387 e. The summed E-state index contributed by atoms with van der Waals surface area (Å²) in [5.74, 6) is -1.08. The summed E-state index contributed by atoms with van der Waals surface area (Å²) in [6.45, 7) is -2.03. The monoisotopic (exact) mass is 454 g/mol. The van der Waals surface area contributed by atoms with Crippen LogP contribution in [-0.2, 0) is 0 Å². The van der Waals surface area contributed by atoms with Crippen molar-refractivity contribution in [3.63, 3.8) is 0 Å². The van der Waals surface area contributed by atoms with Crippen LogP contribution in [0.25, 0.3) is 0 Å². The number of halogens is 3. The highest BCUT2D eigenvalue weighted by atomic mass is 79.9. The number of carbonyl (C=O) groups is 2. The van der Waals surface area contributed by atoms with Crippen LogP contribution in [0.2, 0.25) is 0 Å². The lowest BCUT2D eigenvalue weighted by Crippen LogP contribution is -2.50. The minimum Gasteiger partial charge on any atom is -0.507 e. The molecule has 1 saturated heterocycles. The number of hydrogen-bond acceptors (Lipinski definition) is 4. The van der Waals surface area contributed by atoms with Gasteiger partial charge in [-0.15, -0.1) is 0 Å². The fraction of sp³-hybridized carbons (Fsp3) is 0.263. The number of rotatable bonds is 4. The molecule has 1 aliphatic rings. The van der Waals surface area contributed by atoms with Gasteiger partial charge in [-0.1, -0.05) is 28.1 Å². The SMILES string of the molecule is O=C(c1cc(Br)ccc1O)N1CCN(C(=O)c2ccccc2OC(F)F)CC1. The van der Waals surface area contributed by atoms with E-state index in [0.717, 1.165) is 0 Å². The van der Waals surface area contributed by atoms with E-state index in [1.54, 1.807) is 12.1 Å². The van der Waals surface area contributed by atoms with E-state index >= 15 is 0 Å². The third kappa shape index (κ3) is 4.41. The van der Waals surface area contributed by atoms with Crippen molar-refractivity contribution in [2.24, 2.45) is 0 Å². The number of alkyl halides is 2. The maximum Gasteiger partial charge on any atom is 0.387 e. The molecule has 6 nitrogen and oxygen atoms in total. The van der Waals surface area contributed by atoms with Gasteiger partial charge >= 0.3 is 6.61 Å². The van der Waals surface area contributed by atoms with Gasteiger partial charge in [-0.05, 0) is 30.3 Å².